The Morgan fingerprint density at radius 3 is 3.11 bits per heavy atom. The van der Waals surface area contributed by atoms with Crippen molar-refractivity contribution in [3.63, 3.8) is 0 Å². The highest BCUT2D eigenvalue weighted by atomic mass is 16.5. The van der Waals surface area contributed by atoms with Crippen LogP contribution in [0.5, 0.6) is 0 Å². The smallest absolute Gasteiger partial charge is 0.128 e. The van der Waals surface area contributed by atoms with E-state index in [0.29, 0.717) is 12.1 Å². The summed E-state index contributed by atoms with van der Waals surface area (Å²) in [5.41, 5.74) is 1.29. The zero-order valence-electron chi connectivity index (χ0n) is 11.5. The molecule has 0 aromatic carbocycles. The third kappa shape index (κ3) is 3.00. The molecule has 4 nitrogen and oxygen atoms in total. The van der Waals surface area contributed by atoms with Crippen LogP contribution < -0.4 is 10.2 Å². The number of rotatable bonds is 5. The summed E-state index contributed by atoms with van der Waals surface area (Å²) in [6.45, 7) is 7.27. The standard InChI is InChI=1S/C14H23N3O/c1-4-15-11(2)12-5-7-16-14(9-12)17-8-6-13(10-17)18-3/h5,7,9,11,13,15H,4,6,8,10H2,1-3H3. The zero-order valence-corrected chi connectivity index (χ0v) is 11.5. The van der Waals surface area contributed by atoms with Gasteiger partial charge in [-0.25, -0.2) is 4.98 Å². The van der Waals surface area contributed by atoms with Crippen LogP contribution in [0.3, 0.4) is 0 Å². The monoisotopic (exact) mass is 249 g/mol. The molecule has 4 heteroatoms. The minimum atomic E-state index is 0.349. The largest absolute Gasteiger partial charge is 0.380 e. The Hall–Kier alpha value is -1.13. The summed E-state index contributed by atoms with van der Waals surface area (Å²) in [6.07, 6.45) is 3.34. The fourth-order valence-electron chi connectivity index (χ4n) is 2.43. The van der Waals surface area contributed by atoms with E-state index in [4.69, 9.17) is 4.74 Å². The third-order valence-electron chi connectivity index (χ3n) is 3.58. The van der Waals surface area contributed by atoms with Gasteiger partial charge in [0.25, 0.3) is 0 Å². The molecule has 0 aliphatic carbocycles. The highest BCUT2D eigenvalue weighted by Gasteiger charge is 2.23. The Bertz CT molecular complexity index is 383. The summed E-state index contributed by atoms with van der Waals surface area (Å²) in [5, 5.41) is 3.43. The van der Waals surface area contributed by atoms with Crippen molar-refractivity contribution in [2.24, 2.45) is 0 Å². The molecule has 1 aromatic heterocycles. The Kier molecular flexibility index (Phi) is 4.55. The van der Waals surface area contributed by atoms with Gasteiger partial charge in [0.2, 0.25) is 0 Å². The second kappa shape index (κ2) is 6.16. The van der Waals surface area contributed by atoms with Crippen LogP contribution >= 0.6 is 0 Å². The molecule has 0 amide bonds. The quantitative estimate of drug-likeness (QED) is 0.866. The summed E-state index contributed by atoms with van der Waals surface area (Å²) in [5.74, 6) is 1.07. The normalized spacial score (nSPS) is 21.3. The molecule has 1 aromatic rings. The molecule has 1 aliphatic rings. The average Bonchev–Trinajstić information content (AvgIpc) is 2.88. The van der Waals surface area contributed by atoms with Crippen LogP contribution in [0.15, 0.2) is 18.3 Å². The SMILES string of the molecule is CCNC(C)c1ccnc(N2CCC(OC)C2)c1. The number of methoxy groups -OCH3 is 1. The van der Waals surface area contributed by atoms with Crippen molar-refractivity contribution in [3.8, 4) is 0 Å². The molecule has 1 aliphatic heterocycles. The van der Waals surface area contributed by atoms with E-state index in [1.54, 1.807) is 7.11 Å². The molecular weight excluding hydrogens is 226 g/mol. The molecule has 0 radical (unpaired) electrons. The van der Waals surface area contributed by atoms with Gasteiger partial charge in [0.05, 0.1) is 6.10 Å². The van der Waals surface area contributed by atoms with Crippen molar-refractivity contribution in [2.75, 3.05) is 31.6 Å². The predicted octanol–water partition coefficient (Wildman–Crippen LogP) is 1.98. The van der Waals surface area contributed by atoms with E-state index >= 15 is 0 Å². The highest BCUT2D eigenvalue weighted by Crippen LogP contribution is 2.22. The number of nitrogens with zero attached hydrogens (tertiary/aromatic N) is 2. The number of anilines is 1. The Morgan fingerprint density at radius 1 is 1.61 bits per heavy atom. The van der Waals surface area contributed by atoms with Crippen molar-refractivity contribution >= 4 is 5.82 Å². The van der Waals surface area contributed by atoms with Gasteiger partial charge in [0.15, 0.2) is 0 Å². The maximum absolute atomic E-state index is 5.40. The van der Waals surface area contributed by atoms with Crippen LogP contribution in [0, 0.1) is 0 Å². The molecule has 2 atom stereocenters. The van der Waals surface area contributed by atoms with E-state index in [1.165, 1.54) is 5.56 Å². The summed E-state index contributed by atoms with van der Waals surface area (Å²) >= 11 is 0. The van der Waals surface area contributed by atoms with E-state index < -0.39 is 0 Å². The molecule has 0 bridgehead atoms. The zero-order chi connectivity index (χ0) is 13.0. The summed E-state index contributed by atoms with van der Waals surface area (Å²) in [4.78, 5) is 6.78. The van der Waals surface area contributed by atoms with Gasteiger partial charge < -0.3 is 15.0 Å². The Labute approximate surface area is 109 Å². The van der Waals surface area contributed by atoms with Crippen LogP contribution in [0.4, 0.5) is 5.82 Å². The van der Waals surface area contributed by atoms with Crippen LogP contribution in [0.1, 0.15) is 31.9 Å². The number of aromatic nitrogens is 1. The van der Waals surface area contributed by atoms with E-state index in [0.717, 1.165) is 31.9 Å². The van der Waals surface area contributed by atoms with Crippen LogP contribution in [-0.2, 0) is 4.74 Å². The molecule has 1 fully saturated rings. The summed E-state index contributed by atoms with van der Waals surface area (Å²) in [7, 11) is 1.78. The van der Waals surface area contributed by atoms with E-state index in [2.05, 4.69) is 41.2 Å². The maximum atomic E-state index is 5.40. The topological polar surface area (TPSA) is 37.4 Å². The lowest BCUT2D eigenvalue weighted by Gasteiger charge is -2.19. The predicted molar refractivity (Wildman–Crippen MR) is 74.0 cm³/mol. The minimum absolute atomic E-state index is 0.349. The summed E-state index contributed by atoms with van der Waals surface area (Å²) < 4.78 is 5.40. The van der Waals surface area contributed by atoms with Gasteiger partial charge in [0.1, 0.15) is 5.82 Å². The van der Waals surface area contributed by atoms with Gasteiger partial charge in [0, 0.05) is 32.4 Å². The molecule has 2 heterocycles. The molecule has 2 rings (SSSR count). The minimum Gasteiger partial charge on any atom is -0.380 e. The first-order valence-electron chi connectivity index (χ1n) is 6.71. The van der Waals surface area contributed by atoms with Gasteiger partial charge in [-0.3, -0.25) is 0 Å². The highest BCUT2D eigenvalue weighted by molar-refractivity contribution is 5.43. The molecule has 18 heavy (non-hydrogen) atoms. The van der Waals surface area contributed by atoms with Crippen molar-refractivity contribution in [2.45, 2.75) is 32.4 Å². The first-order valence-corrected chi connectivity index (χ1v) is 6.71. The maximum Gasteiger partial charge on any atom is 0.128 e. The van der Waals surface area contributed by atoms with Crippen LogP contribution in [-0.4, -0.2) is 37.8 Å². The first kappa shape index (κ1) is 13.3. The molecule has 0 spiro atoms. The van der Waals surface area contributed by atoms with Gasteiger partial charge in [-0.05, 0) is 37.6 Å². The number of hydrogen-bond acceptors (Lipinski definition) is 4. The van der Waals surface area contributed by atoms with Gasteiger partial charge >= 0.3 is 0 Å². The van der Waals surface area contributed by atoms with Gasteiger partial charge in [-0.15, -0.1) is 0 Å². The van der Waals surface area contributed by atoms with Crippen molar-refractivity contribution < 1.29 is 4.74 Å². The molecule has 100 valence electrons. The summed E-state index contributed by atoms with van der Waals surface area (Å²) in [6, 6.07) is 4.64. The lowest BCUT2D eigenvalue weighted by Crippen LogP contribution is -2.24. The van der Waals surface area contributed by atoms with Gasteiger partial charge in [-0.2, -0.15) is 0 Å². The Morgan fingerprint density at radius 2 is 2.44 bits per heavy atom. The molecule has 2 unspecified atom stereocenters. The van der Waals surface area contributed by atoms with Gasteiger partial charge in [-0.1, -0.05) is 6.92 Å². The molecule has 0 saturated carbocycles. The van der Waals surface area contributed by atoms with E-state index in [1.807, 2.05) is 6.20 Å². The van der Waals surface area contributed by atoms with E-state index in [-0.39, 0.29) is 0 Å². The Balaban J connectivity index is 2.08. The van der Waals surface area contributed by atoms with Crippen LogP contribution in [0.25, 0.3) is 0 Å². The number of pyridine rings is 1. The average molecular weight is 249 g/mol. The fraction of sp³-hybridized carbons (Fsp3) is 0.643. The number of nitrogens with one attached hydrogen (secondary N) is 1. The van der Waals surface area contributed by atoms with Crippen molar-refractivity contribution in [1.29, 1.82) is 0 Å². The first-order chi connectivity index (χ1) is 8.74. The number of hydrogen-bond donors (Lipinski definition) is 1. The second-order valence-corrected chi connectivity index (χ2v) is 4.82. The van der Waals surface area contributed by atoms with E-state index in [9.17, 15) is 0 Å². The lowest BCUT2D eigenvalue weighted by molar-refractivity contribution is 0.121. The van der Waals surface area contributed by atoms with Crippen LogP contribution in [0.2, 0.25) is 0 Å². The molecule has 1 saturated heterocycles. The molecular formula is C14H23N3O. The number of ether oxygens (including phenoxy) is 1. The third-order valence-corrected chi connectivity index (χ3v) is 3.58. The second-order valence-electron chi connectivity index (χ2n) is 4.82. The fourth-order valence-corrected chi connectivity index (χ4v) is 2.43. The lowest BCUT2D eigenvalue weighted by atomic mass is 10.1. The van der Waals surface area contributed by atoms with Crippen molar-refractivity contribution in [1.82, 2.24) is 10.3 Å². The van der Waals surface area contributed by atoms with Crippen molar-refractivity contribution in [3.05, 3.63) is 23.9 Å². The molecule has 1 N–H and O–H groups in total.